The van der Waals surface area contributed by atoms with Crippen molar-refractivity contribution in [3.05, 3.63) is 52.8 Å². The molecule has 1 aliphatic heterocycles. The predicted octanol–water partition coefficient (Wildman–Crippen LogP) is 2.61. The Hall–Kier alpha value is -1.79. The minimum Gasteiger partial charge on any atom is -0.492 e. The number of halogens is 1. The van der Waals surface area contributed by atoms with Crippen LogP contribution in [-0.2, 0) is 0 Å². The third-order valence-corrected chi connectivity index (χ3v) is 4.41. The van der Waals surface area contributed by atoms with Crippen molar-refractivity contribution in [2.45, 2.75) is 0 Å². The van der Waals surface area contributed by atoms with Gasteiger partial charge in [0.1, 0.15) is 18.1 Å². The number of carbonyl (C=O) groups excluding carboxylic acids is 1. The number of carbonyl (C=O) groups is 1. The molecular weight excluding hydrogens is 358 g/mol. The van der Waals surface area contributed by atoms with Crippen molar-refractivity contribution in [1.82, 2.24) is 14.8 Å². The van der Waals surface area contributed by atoms with Gasteiger partial charge in [-0.15, -0.1) is 0 Å². The fourth-order valence-electron chi connectivity index (χ4n) is 2.65. The second-order valence-corrected chi connectivity index (χ2v) is 6.44. The maximum atomic E-state index is 12.3. The van der Waals surface area contributed by atoms with E-state index in [1.807, 2.05) is 41.3 Å². The highest BCUT2D eigenvalue weighted by Crippen LogP contribution is 2.14. The first kappa shape index (κ1) is 16.1. The number of para-hydroxylation sites is 1. The van der Waals surface area contributed by atoms with Gasteiger partial charge < -0.3 is 14.6 Å². The number of hydrogen-bond acceptors (Lipinski definition) is 3. The van der Waals surface area contributed by atoms with Crippen LogP contribution in [0.4, 0.5) is 0 Å². The molecule has 0 saturated carbocycles. The van der Waals surface area contributed by atoms with Gasteiger partial charge in [-0.25, -0.2) is 0 Å². The van der Waals surface area contributed by atoms with Gasteiger partial charge in [0.25, 0.3) is 5.91 Å². The van der Waals surface area contributed by atoms with E-state index < -0.39 is 0 Å². The van der Waals surface area contributed by atoms with E-state index in [4.69, 9.17) is 4.74 Å². The van der Waals surface area contributed by atoms with Crippen molar-refractivity contribution < 1.29 is 9.53 Å². The second kappa shape index (κ2) is 7.66. The van der Waals surface area contributed by atoms with Gasteiger partial charge in [-0.3, -0.25) is 9.69 Å². The summed E-state index contributed by atoms with van der Waals surface area (Å²) in [5.74, 6) is 0.967. The summed E-state index contributed by atoms with van der Waals surface area (Å²) in [5.41, 5.74) is 0.637. The Morgan fingerprint density at radius 1 is 1.17 bits per heavy atom. The minimum absolute atomic E-state index is 0.0656. The van der Waals surface area contributed by atoms with Gasteiger partial charge in [0.2, 0.25) is 0 Å². The maximum Gasteiger partial charge on any atom is 0.270 e. The van der Waals surface area contributed by atoms with Crippen LogP contribution in [0, 0.1) is 0 Å². The number of benzene rings is 1. The molecule has 0 spiro atoms. The SMILES string of the molecule is O=C(c1cc(Br)c[nH]1)N1CCN(CCOc2ccccc2)CC1. The summed E-state index contributed by atoms with van der Waals surface area (Å²) in [6, 6.07) is 11.7. The highest BCUT2D eigenvalue weighted by Gasteiger charge is 2.22. The summed E-state index contributed by atoms with van der Waals surface area (Å²) in [6.45, 7) is 4.81. The first-order chi connectivity index (χ1) is 11.2. The Balaban J connectivity index is 1.41. The molecule has 0 radical (unpaired) electrons. The number of hydrogen-bond donors (Lipinski definition) is 1. The zero-order chi connectivity index (χ0) is 16.1. The van der Waals surface area contributed by atoms with Gasteiger partial charge in [-0.05, 0) is 34.1 Å². The molecule has 1 fully saturated rings. The number of nitrogens with zero attached hydrogens (tertiary/aromatic N) is 2. The highest BCUT2D eigenvalue weighted by atomic mass is 79.9. The molecule has 122 valence electrons. The number of nitrogens with one attached hydrogen (secondary N) is 1. The minimum atomic E-state index is 0.0656. The van der Waals surface area contributed by atoms with Crippen LogP contribution in [0.1, 0.15) is 10.5 Å². The molecule has 2 aromatic rings. The van der Waals surface area contributed by atoms with E-state index in [1.54, 1.807) is 6.20 Å². The van der Waals surface area contributed by atoms with E-state index >= 15 is 0 Å². The van der Waals surface area contributed by atoms with Gasteiger partial charge in [0, 0.05) is 43.4 Å². The molecule has 1 aromatic heterocycles. The van der Waals surface area contributed by atoms with E-state index in [9.17, 15) is 4.79 Å². The standard InChI is InChI=1S/C17H20BrN3O2/c18-14-12-16(19-13-14)17(22)21-8-6-20(7-9-21)10-11-23-15-4-2-1-3-5-15/h1-5,12-13,19H,6-11H2. The zero-order valence-corrected chi connectivity index (χ0v) is 14.5. The number of aromatic amines is 1. The van der Waals surface area contributed by atoms with Crippen molar-refractivity contribution in [2.24, 2.45) is 0 Å². The molecule has 1 aliphatic rings. The van der Waals surface area contributed by atoms with Gasteiger partial charge in [0.15, 0.2) is 0 Å². The molecular formula is C17H20BrN3O2. The van der Waals surface area contributed by atoms with E-state index in [0.29, 0.717) is 12.3 Å². The molecule has 0 atom stereocenters. The number of ether oxygens (including phenoxy) is 1. The van der Waals surface area contributed by atoms with Gasteiger partial charge >= 0.3 is 0 Å². The fourth-order valence-corrected chi connectivity index (χ4v) is 2.99. The molecule has 0 unspecified atom stereocenters. The fraction of sp³-hybridized carbons (Fsp3) is 0.353. The first-order valence-electron chi connectivity index (χ1n) is 7.76. The van der Waals surface area contributed by atoms with Crippen LogP contribution in [0.2, 0.25) is 0 Å². The highest BCUT2D eigenvalue weighted by molar-refractivity contribution is 9.10. The quantitative estimate of drug-likeness (QED) is 0.870. The monoisotopic (exact) mass is 377 g/mol. The predicted molar refractivity (Wildman–Crippen MR) is 92.8 cm³/mol. The number of aromatic nitrogens is 1. The summed E-state index contributed by atoms with van der Waals surface area (Å²) in [5, 5.41) is 0. The first-order valence-corrected chi connectivity index (χ1v) is 8.55. The largest absolute Gasteiger partial charge is 0.492 e. The van der Waals surface area contributed by atoms with Gasteiger partial charge in [-0.2, -0.15) is 0 Å². The average Bonchev–Trinajstić information content (AvgIpc) is 3.02. The van der Waals surface area contributed by atoms with E-state index in [-0.39, 0.29) is 5.91 Å². The summed E-state index contributed by atoms with van der Waals surface area (Å²) < 4.78 is 6.62. The summed E-state index contributed by atoms with van der Waals surface area (Å²) in [4.78, 5) is 19.6. The molecule has 23 heavy (non-hydrogen) atoms. The van der Waals surface area contributed by atoms with Crippen molar-refractivity contribution in [3.63, 3.8) is 0 Å². The second-order valence-electron chi connectivity index (χ2n) is 5.53. The number of piperazine rings is 1. The van der Waals surface area contributed by atoms with Gasteiger partial charge in [-0.1, -0.05) is 18.2 Å². The lowest BCUT2D eigenvalue weighted by Gasteiger charge is -2.34. The van der Waals surface area contributed by atoms with Crippen LogP contribution in [0.3, 0.4) is 0 Å². The number of amides is 1. The molecule has 2 heterocycles. The molecule has 1 saturated heterocycles. The van der Waals surface area contributed by atoms with E-state index in [0.717, 1.165) is 42.9 Å². The Morgan fingerprint density at radius 2 is 1.91 bits per heavy atom. The third-order valence-electron chi connectivity index (χ3n) is 3.96. The summed E-state index contributed by atoms with van der Waals surface area (Å²) >= 11 is 3.36. The normalized spacial score (nSPS) is 15.6. The Labute approximate surface area is 144 Å². The van der Waals surface area contributed by atoms with Crippen molar-refractivity contribution in [1.29, 1.82) is 0 Å². The molecule has 0 bridgehead atoms. The zero-order valence-electron chi connectivity index (χ0n) is 12.9. The van der Waals surface area contributed by atoms with Gasteiger partial charge in [0.05, 0.1) is 0 Å². The van der Waals surface area contributed by atoms with Crippen LogP contribution in [0.5, 0.6) is 5.75 Å². The topological polar surface area (TPSA) is 48.6 Å². The molecule has 1 N–H and O–H groups in total. The lowest BCUT2D eigenvalue weighted by Crippen LogP contribution is -2.49. The van der Waals surface area contributed by atoms with Crippen molar-refractivity contribution in [2.75, 3.05) is 39.3 Å². The maximum absolute atomic E-state index is 12.3. The van der Waals surface area contributed by atoms with Crippen LogP contribution in [-0.4, -0.2) is 60.0 Å². The Kier molecular flexibility index (Phi) is 5.35. The van der Waals surface area contributed by atoms with Crippen LogP contribution in [0.15, 0.2) is 47.1 Å². The Morgan fingerprint density at radius 3 is 2.57 bits per heavy atom. The van der Waals surface area contributed by atoms with Crippen molar-refractivity contribution in [3.8, 4) is 5.75 Å². The van der Waals surface area contributed by atoms with Crippen LogP contribution >= 0.6 is 15.9 Å². The molecule has 1 amide bonds. The van der Waals surface area contributed by atoms with Crippen LogP contribution in [0.25, 0.3) is 0 Å². The molecule has 3 rings (SSSR count). The third kappa shape index (κ3) is 4.36. The lowest BCUT2D eigenvalue weighted by atomic mass is 10.3. The Bertz CT molecular complexity index is 636. The van der Waals surface area contributed by atoms with E-state index in [2.05, 4.69) is 25.8 Å². The lowest BCUT2D eigenvalue weighted by molar-refractivity contribution is 0.0615. The summed E-state index contributed by atoms with van der Waals surface area (Å²) in [7, 11) is 0. The molecule has 1 aromatic carbocycles. The number of H-pyrrole nitrogens is 1. The molecule has 5 nitrogen and oxygen atoms in total. The van der Waals surface area contributed by atoms with Crippen LogP contribution < -0.4 is 4.74 Å². The van der Waals surface area contributed by atoms with E-state index in [1.165, 1.54) is 0 Å². The molecule has 0 aliphatic carbocycles. The number of rotatable bonds is 5. The van der Waals surface area contributed by atoms with Crippen molar-refractivity contribution >= 4 is 21.8 Å². The average molecular weight is 378 g/mol. The summed E-state index contributed by atoms with van der Waals surface area (Å²) in [6.07, 6.45) is 1.78. The molecule has 6 heteroatoms. The smallest absolute Gasteiger partial charge is 0.270 e.